The van der Waals surface area contributed by atoms with Gasteiger partial charge in [0, 0.05) is 25.1 Å². The molecule has 0 bridgehead atoms. The van der Waals surface area contributed by atoms with E-state index >= 15 is 0 Å². The van der Waals surface area contributed by atoms with Gasteiger partial charge in [0.15, 0.2) is 5.78 Å². The number of nitrogens with zero attached hydrogens (tertiary/aromatic N) is 2. The zero-order valence-electron chi connectivity index (χ0n) is 11.7. The van der Waals surface area contributed by atoms with E-state index in [0.29, 0.717) is 25.1 Å². The van der Waals surface area contributed by atoms with E-state index in [4.69, 9.17) is 5.11 Å². The number of hydrogen-bond donors (Lipinski definition) is 1. The van der Waals surface area contributed by atoms with E-state index in [9.17, 15) is 14.4 Å². The Bertz CT molecular complexity index is 569. The zero-order chi connectivity index (χ0) is 15.6. The molecule has 1 aliphatic rings. The van der Waals surface area contributed by atoms with Crippen LogP contribution in [-0.2, 0) is 16.6 Å². The molecule has 2 rings (SSSR count). The predicted molar refractivity (Wildman–Crippen MR) is 79.4 cm³/mol. The molecule has 7 heteroatoms. The van der Waals surface area contributed by atoms with E-state index in [1.807, 2.05) is 0 Å². The molecular formula is C14H17BrN2O4. The number of carbonyl (C=O) groups is 3. The van der Waals surface area contributed by atoms with Gasteiger partial charge in [0.05, 0.1) is 5.69 Å². The highest BCUT2D eigenvalue weighted by molar-refractivity contribution is 9.09. The normalized spacial score (nSPS) is 19.5. The minimum atomic E-state index is -1.01. The van der Waals surface area contributed by atoms with Crippen LogP contribution in [0.15, 0.2) is 18.3 Å². The second kappa shape index (κ2) is 6.43. The molecule has 114 valence electrons. The number of Topliss-reactive ketones (excluding diaryl/α,β-unsaturated/α-hetero) is 1. The van der Waals surface area contributed by atoms with Crippen LogP contribution in [0.3, 0.4) is 0 Å². The Hall–Kier alpha value is -1.63. The number of carboxylic acids is 1. The summed E-state index contributed by atoms with van der Waals surface area (Å²) >= 11 is 3.21. The van der Waals surface area contributed by atoms with Crippen molar-refractivity contribution in [1.29, 1.82) is 0 Å². The summed E-state index contributed by atoms with van der Waals surface area (Å²) in [5.41, 5.74) is 0.443. The number of likely N-dealkylation sites (tertiary alicyclic amines) is 1. The molecule has 0 aromatic carbocycles. The van der Waals surface area contributed by atoms with Crippen LogP contribution in [0.1, 0.15) is 23.3 Å². The second-order valence-corrected chi connectivity index (χ2v) is 5.75. The van der Waals surface area contributed by atoms with Crippen LogP contribution in [0.5, 0.6) is 0 Å². The largest absolute Gasteiger partial charge is 0.480 e. The van der Waals surface area contributed by atoms with E-state index in [0.717, 1.165) is 0 Å². The van der Waals surface area contributed by atoms with Crippen LogP contribution in [0, 0.1) is 5.92 Å². The molecule has 2 heterocycles. The lowest BCUT2D eigenvalue weighted by molar-refractivity contribution is -0.149. The van der Waals surface area contributed by atoms with Crippen molar-refractivity contribution >= 4 is 33.6 Å². The lowest BCUT2D eigenvalue weighted by atomic mass is 10.0. The van der Waals surface area contributed by atoms with Crippen LogP contribution in [0.25, 0.3) is 0 Å². The van der Waals surface area contributed by atoms with Gasteiger partial charge >= 0.3 is 5.97 Å². The van der Waals surface area contributed by atoms with Crippen LogP contribution >= 0.6 is 15.9 Å². The monoisotopic (exact) mass is 356 g/mol. The molecule has 1 fully saturated rings. The van der Waals surface area contributed by atoms with Gasteiger partial charge in [0.1, 0.15) is 12.0 Å². The number of ketones is 1. The summed E-state index contributed by atoms with van der Waals surface area (Å²) < 4.78 is 1.66. The summed E-state index contributed by atoms with van der Waals surface area (Å²) in [5, 5.41) is 9.34. The number of rotatable bonds is 5. The van der Waals surface area contributed by atoms with Crippen molar-refractivity contribution in [2.75, 3.05) is 11.9 Å². The standard InChI is InChI=1S/C14H17BrN2O4/c1-16-6-2-4-10(16)12(18)9(8-15)13(19)17-7-3-5-11(17)14(20)21/h2,4,6,9,11H,3,5,7-8H2,1H3,(H,20,21)/t9?,11-/m0/s1. The topological polar surface area (TPSA) is 79.6 Å². The number of alkyl halides is 1. The van der Waals surface area contributed by atoms with Crippen LogP contribution in [0.4, 0.5) is 0 Å². The van der Waals surface area contributed by atoms with Crippen molar-refractivity contribution in [3.05, 3.63) is 24.0 Å². The highest BCUT2D eigenvalue weighted by Gasteiger charge is 2.39. The third kappa shape index (κ3) is 3.02. The fourth-order valence-corrected chi connectivity index (χ4v) is 3.20. The Balaban J connectivity index is 2.21. The second-order valence-electron chi connectivity index (χ2n) is 5.10. The molecule has 6 nitrogen and oxygen atoms in total. The maximum atomic E-state index is 12.5. The molecule has 0 radical (unpaired) electrons. The summed E-state index contributed by atoms with van der Waals surface area (Å²) in [4.78, 5) is 37.5. The molecule has 1 N–H and O–H groups in total. The van der Waals surface area contributed by atoms with E-state index in [1.165, 1.54) is 4.90 Å². The number of aliphatic carboxylic acids is 1. The van der Waals surface area contributed by atoms with Crippen molar-refractivity contribution < 1.29 is 19.5 Å². The van der Waals surface area contributed by atoms with Gasteiger partial charge < -0.3 is 14.6 Å². The quantitative estimate of drug-likeness (QED) is 0.489. The third-order valence-electron chi connectivity index (χ3n) is 3.79. The predicted octanol–water partition coefficient (Wildman–Crippen LogP) is 1.29. The zero-order valence-corrected chi connectivity index (χ0v) is 13.2. The summed E-state index contributed by atoms with van der Waals surface area (Å²) in [7, 11) is 1.74. The maximum absolute atomic E-state index is 12.5. The van der Waals surface area contributed by atoms with Crippen LogP contribution in [-0.4, -0.2) is 50.1 Å². The molecule has 0 saturated carbocycles. The van der Waals surface area contributed by atoms with Gasteiger partial charge in [-0.05, 0) is 25.0 Å². The molecule has 1 aromatic heterocycles. The number of halogens is 1. The fourth-order valence-electron chi connectivity index (χ4n) is 2.63. The number of carboxylic acid groups (broad SMARTS) is 1. The third-order valence-corrected chi connectivity index (χ3v) is 4.43. The number of aryl methyl sites for hydroxylation is 1. The molecule has 0 spiro atoms. The summed E-state index contributed by atoms with van der Waals surface area (Å²) in [5.74, 6) is -2.61. The molecule has 1 aliphatic heterocycles. The minimum Gasteiger partial charge on any atom is -0.480 e. The van der Waals surface area contributed by atoms with E-state index < -0.39 is 23.8 Å². The van der Waals surface area contributed by atoms with Crippen molar-refractivity contribution in [1.82, 2.24) is 9.47 Å². The van der Waals surface area contributed by atoms with Crippen LogP contribution in [0.2, 0.25) is 0 Å². The number of amides is 1. The van der Waals surface area contributed by atoms with Crippen molar-refractivity contribution in [3.8, 4) is 0 Å². The molecule has 1 saturated heterocycles. The Morgan fingerprint density at radius 1 is 1.48 bits per heavy atom. The van der Waals surface area contributed by atoms with E-state index in [2.05, 4.69) is 15.9 Å². The van der Waals surface area contributed by atoms with Gasteiger partial charge in [-0.15, -0.1) is 0 Å². The first-order valence-corrected chi connectivity index (χ1v) is 7.84. The minimum absolute atomic E-state index is 0.179. The molecule has 1 aromatic rings. The molecule has 21 heavy (non-hydrogen) atoms. The number of aromatic nitrogens is 1. The van der Waals surface area contributed by atoms with E-state index in [1.54, 1.807) is 29.9 Å². The Morgan fingerprint density at radius 2 is 2.19 bits per heavy atom. The lowest BCUT2D eigenvalue weighted by Gasteiger charge is -2.25. The van der Waals surface area contributed by atoms with Crippen molar-refractivity contribution in [3.63, 3.8) is 0 Å². The van der Waals surface area contributed by atoms with Gasteiger partial charge in [-0.2, -0.15) is 0 Å². The average molecular weight is 357 g/mol. The van der Waals surface area contributed by atoms with Crippen molar-refractivity contribution in [2.45, 2.75) is 18.9 Å². The fraction of sp³-hybridized carbons (Fsp3) is 0.500. The summed E-state index contributed by atoms with van der Waals surface area (Å²) in [6, 6.07) is 2.57. The Labute approximate surface area is 130 Å². The smallest absolute Gasteiger partial charge is 0.326 e. The summed E-state index contributed by atoms with van der Waals surface area (Å²) in [6.07, 6.45) is 2.82. The first-order chi connectivity index (χ1) is 9.97. The van der Waals surface area contributed by atoms with Crippen LogP contribution < -0.4 is 0 Å². The first-order valence-electron chi connectivity index (χ1n) is 6.72. The van der Waals surface area contributed by atoms with Gasteiger partial charge in [-0.1, -0.05) is 15.9 Å². The van der Waals surface area contributed by atoms with Gasteiger partial charge in [0.2, 0.25) is 5.91 Å². The first kappa shape index (κ1) is 15.8. The molecule has 1 amide bonds. The maximum Gasteiger partial charge on any atom is 0.326 e. The highest BCUT2D eigenvalue weighted by Crippen LogP contribution is 2.23. The van der Waals surface area contributed by atoms with Gasteiger partial charge in [-0.25, -0.2) is 4.79 Å². The SMILES string of the molecule is Cn1cccc1C(=O)C(CBr)C(=O)N1CCC[C@H]1C(=O)O. The lowest BCUT2D eigenvalue weighted by Crippen LogP contribution is -2.46. The average Bonchev–Trinajstić information content (AvgIpc) is 3.07. The van der Waals surface area contributed by atoms with E-state index in [-0.39, 0.29) is 11.1 Å². The Morgan fingerprint density at radius 3 is 2.71 bits per heavy atom. The van der Waals surface area contributed by atoms with Gasteiger partial charge in [0.25, 0.3) is 0 Å². The number of hydrogen-bond acceptors (Lipinski definition) is 3. The summed E-state index contributed by atoms with van der Waals surface area (Å²) in [6.45, 7) is 0.389. The highest BCUT2D eigenvalue weighted by atomic mass is 79.9. The molecule has 2 atom stereocenters. The number of carbonyl (C=O) groups excluding carboxylic acids is 2. The molecule has 1 unspecified atom stereocenters. The molecule has 0 aliphatic carbocycles. The Kier molecular flexibility index (Phi) is 4.82. The molecular weight excluding hydrogens is 340 g/mol. The van der Waals surface area contributed by atoms with Gasteiger partial charge in [-0.3, -0.25) is 9.59 Å². The van der Waals surface area contributed by atoms with Crippen molar-refractivity contribution in [2.24, 2.45) is 13.0 Å².